The maximum Gasteiger partial charge on any atom is 0.177 e. The van der Waals surface area contributed by atoms with Crippen LogP contribution in [0.3, 0.4) is 0 Å². The molecule has 4 nitrogen and oxygen atoms in total. The van der Waals surface area contributed by atoms with Gasteiger partial charge in [-0.2, -0.15) is 0 Å². The van der Waals surface area contributed by atoms with Crippen LogP contribution in [0.15, 0.2) is 53.3 Å². The summed E-state index contributed by atoms with van der Waals surface area (Å²) in [5.41, 5.74) is 3.49. The van der Waals surface area contributed by atoms with Gasteiger partial charge in [0.25, 0.3) is 0 Å². The number of halogens is 2. The van der Waals surface area contributed by atoms with Crippen molar-refractivity contribution in [2.24, 2.45) is 0 Å². The van der Waals surface area contributed by atoms with Gasteiger partial charge in [0.2, 0.25) is 0 Å². The van der Waals surface area contributed by atoms with Crippen molar-refractivity contribution in [1.82, 2.24) is 15.0 Å². The van der Waals surface area contributed by atoms with Gasteiger partial charge in [-0.05, 0) is 35.9 Å². The summed E-state index contributed by atoms with van der Waals surface area (Å²) in [6.45, 7) is 0. The number of H-pyrrole nitrogens is 1. The molecule has 0 aliphatic carbocycles. The molecule has 0 bridgehead atoms. The van der Waals surface area contributed by atoms with Crippen molar-refractivity contribution in [2.45, 2.75) is 6.42 Å². The summed E-state index contributed by atoms with van der Waals surface area (Å²) in [6.07, 6.45) is 4.02. The Morgan fingerprint density at radius 2 is 2.00 bits per heavy atom. The lowest BCUT2D eigenvalue weighted by Gasteiger charge is -2.00. The molecular weight excluding hydrogens is 333 g/mol. The highest BCUT2D eigenvalue weighted by Crippen LogP contribution is 2.25. The number of fused-ring (bicyclic) bond motifs is 1. The zero-order chi connectivity index (χ0) is 15.8. The number of rotatable bonds is 3. The minimum absolute atomic E-state index is 0.540. The van der Waals surface area contributed by atoms with E-state index >= 15 is 0 Å². The van der Waals surface area contributed by atoms with Gasteiger partial charge in [0, 0.05) is 18.2 Å². The molecular formula is C17H11Cl2N3O. The lowest BCUT2D eigenvalue weighted by Crippen LogP contribution is -1.90. The Morgan fingerprint density at radius 3 is 2.78 bits per heavy atom. The standard InChI is InChI=1S/C17H11Cl2N3O/c18-12-4-3-10(6-13(12)19)7-16-21-14-8-11(9-20-17(14)22-16)15-2-1-5-23-15/h1-6,8-9H,7H2,(H,20,21,22). The maximum atomic E-state index is 6.05. The van der Waals surface area contributed by atoms with E-state index in [4.69, 9.17) is 27.6 Å². The highest BCUT2D eigenvalue weighted by atomic mass is 35.5. The Labute approximate surface area is 142 Å². The molecule has 1 N–H and O–H groups in total. The van der Waals surface area contributed by atoms with Gasteiger partial charge >= 0.3 is 0 Å². The molecule has 3 heterocycles. The summed E-state index contributed by atoms with van der Waals surface area (Å²) in [4.78, 5) is 12.2. The Balaban J connectivity index is 1.67. The van der Waals surface area contributed by atoms with Crippen molar-refractivity contribution in [1.29, 1.82) is 0 Å². The Hall–Kier alpha value is -2.30. The predicted octanol–water partition coefficient (Wildman–Crippen LogP) is 5.12. The molecule has 0 atom stereocenters. The Morgan fingerprint density at radius 1 is 1.09 bits per heavy atom. The number of furan rings is 1. The molecule has 23 heavy (non-hydrogen) atoms. The number of nitrogens with zero attached hydrogens (tertiary/aromatic N) is 2. The van der Waals surface area contributed by atoms with E-state index in [9.17, 15) is 0 Å². The molecule has 114 valence electrons. The number of aromatic nitrogens is 3. The Bertz CT molecular complexity index is 977. The summed E-state index contributed by atoms with van der Waals surface area (Å²) >= 11 is 12.0. The van der Waals surface area contributed by atoms with Gasteiger partial charge in [0.05, 0.1) is 21.8 Å². The summed E-state index contributed by atoms with van der Waals surface area (Å²) in [7, 11) is 0. The van der Waals surface area contributed by atoms with Crippen molar-refractivity contribution in [3.8, 4) is 11.3 Å². The molecule has 4 rings (SSSR count). The third-order valence-corrected chi connectivity index (χ3v) is 4.29. The first-order chi connectivity index (χ1) is 11.2. The number of hydrogen-bond acceptors (Lipinski definition) is 3. The molecule has 0 saturated carbocycles. The van der Waals surface area contributed by atoms with E-state index in [2.05, 4.69) is 15.0 Å². The van der Waals surface area contributed by atoms with E-state index in [1.165, 1.54) is 0 Å². The predicted molar refractivity (Wildman–Crippen MR) is 90.9 cm³/mol. The summed E-state index contributed by atoms with van der Waals surface area (Å²) in [6, 6.07) is 11.3. The molecule has 0 saturated heterocycles. The molecule has 4 aromatic rings. The SMILES string of the molecule is Clc1ccc(Cc2nc3ncc(-c4ccco4)cc3[nH]2)cc1Cl. The first-order valence-corrected chi connectivity index (χ1v) is 7.77. The number of pyridine rings is 1. The van der Waals surface area contributed by atoms with E-state index in [0.29, 0.717) is 22.1 Å². The van der Waals surface area contributed by atoms with E-state index < -0.39 is 0 Å². The fourth-order valence-corrected chi connectivity index (χ4v) is 2.77. The number of nitrogens with one attached hydrogen (secondary N) is 1. The zero-order valence-corrected chi connectivity index (χ0v) is 13.4. The third kappa shape index (κ3) is 2.83. The normalized spacial score (nSPS) is 11.2. The van der Waals surface area contributed by atoms with Crippen LogP contribution in [0.5, 0.6) is 0 Å². The first kappa shape index (κ1) is 14.3. The minimum atomic E-state index is 0.540. The molecule has 0 spiro atoms. The van der Waals surface area contributed by atoms with E-state index in [1.807, 2.05) is 30.3 Å². The fraction of sp³-hybridized carbons (Fsp3) is 0.0588. The second-order valence-electron chi connectivity index (χ2n) is 5.18. The molecule has 6 heteroatoms. The topological polar surface area (TPSA) is 54.7 Å². The van der Waals surface area contributed by atoms with Crippen LogP contribution in [0.1, 0.15) is 11.4 Å². The number of hydrogen-bond donors (Lipinski definition) is 1. The summed E-state index contributed by atoms with van der Waals surface area (Å²) in [5, 5.41) is 1.09. The number of aromatic amines is 1. The van der Waals surface area contributed by atoms with Gasteiger partial charge in [-0.3, -0.25) is 0 Å². The van der Waals surface area contributed by atoms with Crippen LogP contribution in [0.25, 0.3) is 22.5 Å². The highest BCUT2D eigenvalue weighted by molar-refractivity contribution is 6.42. The highest BCUT2D eigenvalue weighted by Gasteiger charge is 2.09. The van der Waals surface area contributed by atoms with Gasteiger partial charge in [-0.15, -0.1) is 0 Å². The second-order valence-corrected chi connectivity index (χ2v) is 6.00. The van der Waals surface area contributed by atoms with Crippen molar-refractivity contribution in [3.05, 3.63) is 70.3 Å². The molecule has 1 aromatic carbocycles. The average molecular weight is 344 g/mol. The quantitative estimate of drug-likeness (QED) is 0.561. The Kier molecular flexibility index (Phi) is 3.56. The van der Waals surface area contributed by atoms with Crippen molar-refractivity contribution >= 4 is 34.4 Å². The first-order valence-electron chi connectivity index (χ1n) is 7.01. The minimum Gasteiger partial charge on any atom is -0.464 e. The van der Waals surface area contributed by atoms with Crippen molar-refractivity contribution < 1.29 is 4.42 Å². The van der Waals surface area contributed by atoms with Crippen LogP contribution < -0.4 is 0 Å². The fourth-order valence-electron chi connectivity index (χ4n) is 2.45. The van der Waals surface area contributed by atoms with E-state index in [-0.39, 0.29) is 0 Å². The van der Waals surface area contributed by atoms with Gasteiger partial charge in [-0.1, -0.05) is 29.3 Å². The van der Waals surface area contributed by atoms with Crippen LogP contribution in [0.2, 0.25) is 10.0 Å². The molecule has 3 aromatic heterocycles. The molecule has 0 unspecified atom stereocenters. The van der Waals surface area contributed by atoms with Crippen LogP contribution in [0.4, 0.5) is 0 Å². The zero-order valence-electron chi connectivity index (χ0n) is 11.9. The van der Waals surface area contributed by atoms with Crippen LogP contribution in [-0.4, -0.2) is 15.0 Å². The molecule has 0 radical (unpaired) electrons. The average Bonchev–Trinajstić information content (AvgIpc) is 3.19. The van der Waals surface area contributed by atoms with E-state index in [1.54, 1.807) is 18.5 Å². The van der Waals surface area contributed by atoms with E-state index in [0.717, 1.165) is 28.2 Å². The van der Waals surface area contributed by atoms with Gasteiger partial charge in [-0.25, -0.2) is 9.97 Å². The number of benzene rings is 1. The van der Waals surface area contributed by atoms with Crippen LogP contribution >= 0.6 is 23.2 Å². The van der Waals surface area contributed by atoms with Crippen LogP contribution in [0, 0.1) is 0 Å². The monoisotopic (exact) mass is 343 g/mol. The molecule has 0 amide bonds. The molecule has 0 aliphatic heterocycles. The van der Waals surface area contributed by atoms with Crippen LogP contribution in [-0.2, 0) is 6.42 Å². The number of imidazole rings is 1. The maximum absolute atomic E-state index is 6.05. The largest absolute Gasteiger partial charge is 0.464 e. The summed E-state index contributed by atoms with van der Waals surface area (Å²) < 4.78 is 5.39. The smallest absolute Gasteiger partial charge is 0.177 e. The van der Waals surface area contributed by atoms with Gasteiger partial charge in [0.1, 0.15) is 11.6 Å². The lowest BCUT2D eigenvalue weighted by atomic mass is 10.1. The third-order valence-electron chi connectivity index (χ3n) is 3.55. The lowest BCUT2D eigenvalue weighted by molar-refractivity contribution is 0.582. The molecule has 0 fully saturated rings. The van der Waals surface area contributed by atoms with Gasteiger partial charge < -0.3 is 9.40 Å². The molecule has 0 aliphatic rings. The second kappa shape index (κ2) is 5.72. The van der Waals surface area contributed by atoms with Crippen molar-refractivity contribution in [3.63, 3.8) is 0 Å². The van der Waals surface area contributed by atoms with Gasteiger partial charge in [0.15, 0.2) is 5.65 Å². The van der Waals surface area contributed by atoms with Crippen molar-refractivity contribution in [2.75, 3.05) is 0 Å². The summed E-state index contributed by atoms with van der Waals surface area (Å²) in [5.74, 6) is 1.60.